The van der Waals surface area contributed by atoms with Crippen LogP contribution in [0.5, 0.6) is 0 Å². The Hall–Kier alpha value is -1.09. The summed E-state index contributed by atoms with van der Waals surface area (Å²) < 4.78 is 35.3. The molecule has 0 spiro atoms. The SMILES string of the molecule is O=S(=O)(NCCCNC1CC1)c1cccc2nsnc12. The number of hydrogen-bond donors (Lipinski definition) is 2. The molecule has 2 aromatic rings. The molecule has 1 fully saturated rings. The highest BCUT2D eigenvalue weighted by Gasteiger charge is 2.20. The van der Waals surface area contributed by atoms with Crippen LogP contribution in [-0.2, 0) is 10.0 Å². The Morgan fingerprint density at radius 2 is 2.10 bits per heavy atom. The van der Waals surface area contributed by atoms with Crippen LogP contribution in [0.4, 0.5) is 0 Å². The van der Waals surface area contributed by atoms with Crippen molar-refractivity contribution in [3.63, 3.8) is 0 Å². The Morgan fingerprint density at radius 3 is 2.90 bits per heavy atom. The normalized spacial score (nSPS) is 15.8. The molecule has 1 aromatic carbocycles. The van der Waals surface area contributed by atoms with Gasteiger partial charge in [-0.15, -0.1) is 0 Å². The topological polar surface area (TPSA) is 84.0 Å². The Labute approximate surface area is 122 Å². The van der Waals surface area contributed by atoms with Crippen molar-refractivity contribution in [1.82, 2.24) is 18.8 Å². The number of aromatic nitrogens is 2. The lowest BCUT2D eigenvalue weighted by atomic mass is 10.3. The van der Waals surface area contributed by atoms with E-state index in [2.05, 4.69) is 18.8 Å². The molecule has 6 nitrogen and oxygen atoms in total. The number of fused-ring (bicyclic) bond motifs is 1. The zero-order valence-electron chi connectivity index (χ0n) is 10.9. The fourth-order valence-corrected chi connectivity index (χ4v) is 3.80. The van der Waals surface area contributed by atoms with Gasteiger partial charge in [-0.3, -0.25) is 0 Å². The minimum absolute atomic E-state index is 0.207. The van der Waals surface area contributed by atoms with Gasteiger partial charge in [0.15, 0.2) is 0 Å². The van der Waals surface area contributed by atoms with Crippen LogP contribution in [0.3, 0.4) is 0 Å². The molecule has 1 aliphatic carbocycles. The van der Waals surface area contributed by atoms with Crippen molar-refractivity contribution >= 4 is 32.8 Å². The van der Waals surface area contributed by atoms with E-state index in [1.165, 1.54) is 12.8 Å². The summed E-state index contributed by atoms with van der Waals surface area (Å²) in [4.78, 5) is 0.207. The highest BCUT2D eigenvalue weighted by atomic mass is 32.2. The van der Waals surface area contributed by atoms with Crippen LogP contribution in [0, 0.1) is 0 Å². The predicted molar refractivity (Wildman–Crippen MR) is 78.2 cm³/mol. The molecule has 0 saturated heterocycles. The molecule has 1 saturated carbocycles. The van der Waals surface area contributed by atoms with Crippen LogP contribution in [-0.4, -0.2) is 36.3 Å². The van der Waals surface area contributed by atoms with Gasteiger partial charge in [0.2, 0.25) is 10.0 Å². The Kier molecular flexibility index (Phi) is 3.97. The highest BCUT2D eigenvalue weighted by molar-refractivity contribution is 7.89. The highest BCUT2D eigenvalue weighted by Crippen LogP contribution is 2.21. The molecule has 20 heavy (non-hydrogen) atoms. The molecule has 3 rings (SSSR count). The largest absolute Gasteiger partial charge is 0.314 e. The average molecular weight is 312 g/mol. The molecule has 0 unspecified atom stereocenters. The van der Waals surface area contributed by atoms with Gasteiger partial charge < -0.3 is 5.32 Å². The third-order valence-electron chi connectivity index (χ3n) is 3.19. The van der Waals surface area contributed by atoms with Gasteiger partial charge in [-0.25, -0.2) is 13.1 Å². The van der Waals surface area contributed by atoms with Gasteiger partial charge in [0.05, 0.1) is 11.7 Å². The standard InChI is InChI=1S/C12H16N4O2S2/c17-20(18,14-8-2-7-13-9-5-6-9)11-4-1-3-10-12(11)16-19-15-10/h1,3-4,9,13-14H,2,5-8H2. The van der Waals surface area contributed by atoms with Crippen molar-refractivity contribution in [3.05, 3.63) is 18.2 Å². The molecule has 1 aliphatic rings. The molecular formula is C12H16N4O2S2. The minimum Gasteiger partial charge on any atom is -0.314 e. The molecule has 1 heterocycles. The first-order chi connectivity index (χ1) is 9.67. The van der Waals surface area contributed by atoms with E-state index in [0.29, 0.717) is 23.6 Å². The second-order valence-corrected chi connectivity index (χ2v) is 7.13. The summed E-state index contributed by atoms with van der Waals surface area (Å²) in [5.74, 6) is 0. The van der Waals surface area contributed by atoms with Gasteiger partial charge in [0.25, 0.3) is 0 Å². The number of hydrogen-bond acceptors (Lipinski definition) is 6. The average Bonchev–Trinajstić information content (AvgIpc) is 3.12. The monoisotopic (exact) mass is 312 g/mol. The first-order valence-corrected chi connectivity index (χ1v) is 8.82. The molecule has 0 amide bonds. The van der Waals surface area contributed by atoms with E-state index < -0.39 is 10.0 Å². The lowest BCUT2D eigenvalue weighted by Gasteiger charge is -2.07. The smallest absolute Gasteiger partial charge is 0.242 e. The Morgan fingerprint density at radius 1 is 1.25 bits per heavy atom. The summed E-state index contributed by atoms with van der Waals surface area (Å²) in [5.41, 5.74) is 1.06. The van der Waals surface area contributed by atoms with E-state index in [1.54, 1.807) is 18.2 Å². The number of nitrogens with one attached hydrogen (secondary N) is 2. The Balaban J connectivity index is 1.63. The zero-order chi connectivity index (χ0) is 14.0. The van der Waals surface area contributed by atoms with E-state index in [0.717, 1.165) is 24.7 Å². The van der Waals surface area contributed by atoms with Crippen molar-refractivity contribution in [2.45, 2.75) is 30.2 Å². The van der Waals surface area contributed by atoms with E-state index >= 15 is 0 Å². The lowest BCUT2D eigenvalue weighted by molar-refractivity contribution is 0.574. The van der Waals surface area contributed by atoms with E-state index in [-0.39, 0.29) is 4.90 Å². The van der Waals surface area contributed by atoms with E-state index in [1.807, 2.05) is 0 Å². The van der Waals surface area contributed by atoms with Crippen molar-refractivity contribution in [1.29, 1.82) is 0 Å². The van der Waals surface area contributed by atoms with Crippen molar-refractivity contribution in [2.75, 3.05) is 13.1 Å². The van der Waals surface area contributed by atoms with Crippen LogP contribution >= 0.6 is 11.7 Å². The van der Waals surface area contributed by atoms with Crippen LogP contribution < -0.4 is 10.0 Å². The third kappa shape index (κ3) is 3.14. The quantitative estimate of drug-likeness (QED) is 0.748. The van der Waals surface area contributed by atoms with E-state index in [9.17, 15) is 8.42 Å². The second kappa shape index (κ2) is 5.72. The van der Waals surface area contributed by atoms with Crippen molar-refractivity contribution in [2.24, 2.45) is 0 Å². The summed E-state index contributed by atoms with van der Waals surface area (Å²) >= 11 is 1.02. The van der Waals surface area contributed by atoms with Crippen molar-refractivity contribution in [3.8, 4) is 0 Å². The zero-order valence-corrected chi connectivity index (χ0v) is 12.5. The van der Waals surface area contributed by atoms with Crippen LogP contribution in [0.1, 0.15) is 19.3 Å². The van der Waals surface area contributed by atoms with Crippen LogP contribution in [0.25, 0.3) is 11.0 Å². The summed E-state index contributed by atoms with van der Waals surface area (Å²) in [6.07, 6.45) is 3.26. The number of benzene rings is 1. The van der Waals surface area contributed by atoms with Gasteiger partial charge >= 0.3 is 0 Å². The van der Waals surface area contributed by atoms with Gasteiger partial charge in [-0.1, -0.05) is 6.07 Å². The molecular weight excluding hydrogens is 296 g/mol. The van der Waals surface area contributed by atoms with Gasteiger partial charge in [-0.05, 0) is 37.9 Å². The maximum absolute atomic E-state index is 12.3. The van der Waals surface area contributed by atoms with Gasteiger partial charge in [0.1, 0.15) is 15.9 Å². The van der Waals surface area contributed by atoms with Gasteiger partial charge in [-0.2, -0.15) is 8.75 Å². The Bertz CT molecular complexity index is 694. The van der Waals surface area contributed by atoms with Gasteiger partial charge in [0, 0.05) is 12.6 Å². The molecule has 0 bridgehead atoms. The lowest BCUT2D eigenvalue weighted by Crippen LogP contribution is -2.28. The summed E-state index contributed by atoms with van der Waals surface area (Å²) in [6.45, 7) is 1.27. The molecule has 2 N–H and O–H groups in total. The predicted octanol–water partition coefficient (Wildman–Crippen LogP) is 1.11. The molecule has 0 radical (unpaired) electrons. The van der Waals surface area contributed by atoms with Crippen LogP contribution in [0.2, 0.25) is 0 Å². The van der Waals surface area contributed by atoms with Crippen LogP contribution in [0.15, 0.2) is 23.1 Å². The molecule has 1 aromatic heterocycles. The molecule has 0 aliphatic heterocycles. The maximum atomic E-state index is 12.3. The fourth-order valence-electron chi connectivity index (χ4n) is 1.96. The maximum Gasteiger partial charge on any atom is 0.242 e. The first kappa shape index (κ1) is 13.9. The number of sulfonamides is 1. The number of nitrogens with zero attached hydrogens (tertiary/aromatic N) is 2. The minimum atomic E-state index is -3.52. The third-order valence-corrected chi connectivity index (χ3v) is 5.23. The molecule has 8 heteroatoms. The first-order valence-electron chi connectivity index (χ1n) is 6.61. The summed E-state index contributed by atoms with van der Waals surface area (Å²) in [5, 5.41) is 3.35. The summed E-state index contributed by atoms with van der Waals surface area (Å²) in [6, 6.07) is 5.67. The fraction of sp³-hybridized carbons (Fsp3) is 0.500. The van der Waals surface area contributed by atoms with Crippen molar-refractivity contribution < 1.29 is 8.42 Å². The summed E-state index contributed by atoms with van der Waals surface area (Å²) in [7, 11) is -3.52. The second-order valence-electron chi connectivity index (χ2n) is 4.87. The molecule has 0 atom stereocenters. The number of rotatable bonds is 7. The molecule has 108 valence electrons. The van der Waals surface area contributed by atoms with E-state index in [4.69, 9.17) is 0 Å².